The number of carbonyl (C=O) groups excluding carboxylic acids is 1. The van der Waals surface area contributed by atoms with E-state index in [4.69, 9.17) is 10.8 Å². The van der Waals surface area contributed by atoms with Gasteiger partial charge in [-0.05, 0) is 18.2 Å². The van der Waals surface area contributed by atoms with Crippen LogP contribution in [0.2, 0.25) is 0 Å². The Labute approximate surface area is 102 Å². The summed E-state index contributed by atoms with van der Waals surface area (Å²) in [7, 11) is 0. The molecule has 1 fully saturated rings. The molecule has 5 heteroatoms. The zero-order valence-electron chi connectivity index (χ0n) is 8.69. The van der Waals surface area contributed by atoms with Crippen LogP contribution in [-0.4, -0.2) is 35.6 Å². The van der Waals surface area contributed by atoms with Crippen molar-refractivity contribution >= 4 is 27.5 Å². The lowest BCUT2D eigenvalue weighted by molar-refractivity contribution is 0.0363. The van der Waals surface area contributed by atoms with Crippen LogP contribution in [0.3, 0.4) is 0 Å². The summed E-state index contributed by atoms with van der Waals surface area (Å²) in [5, 5.41) is 8.88. The maximum absolute atomic E-state index is 12.0. The first-order valence-electron chi connectivity index (χ1n) is 5.07. The topological polar surface area (TPSA) is 66.6 Å². The number of benzene rings is 1. The monoisotopic (exact) mass is 284 g/mol. The highest BCUT2D eigenvalue weighted by Crippen LogP contribution is 2.23. The summed E-state index contributed by atoms with van der Waals surface area (Å²) in [6, 6.07) is 5.23. The first-order chi connectivity index (χ1) is 7.61. The molecule has 1 saturated heterocycles. The highest BCUT2D eigenvalue weighted by Gasteiger charge is 2.31. The predicted molar refractivity (Wildman–Crippen MR) is 65.0 cm³/mol. The van der Waals surface area contributed by atoms with E-state index >= 15 is 0 Å². The minimum atomic E-state index is -0.0605. The Balaban J connectivity index is 2.10. The first kappa shape index (κ1) is 11.4. The summed E-state index contributed by atoms with van der Waals surface area (Å²) < 4.78 is 0.860. The third kappa shape index (κ3) is 2.05. The van der Waals surface area contributed by atoms with Crippen molar-refractivity contribution in [2.75, 3.05) is 25.4 Å². The van der Waals surface area contributed by atoms with E-state index in [0.29, 0.717) is 24.3 Å². The van der Waals surface area contributed by atoms with Gasteiger partial charge in [0.2, 0.25) is 0 Å². The number of halogens is 1. The van der Waals surface area contributed by atoms with Crippen molar-refractivity contribution in [1.82, 2.24) is 4.90 Å². The number of nitrogens with zero attached hydrogens (tertiary/aromatic N) is 1. The second kappa shape index (κ2) is 4.43. The smallest absolute Gasteiger partial charge is 0.255 e. The molecule has 86 valence electrons. The second-order valence-electron chi connectivity index (χ2n) is 3.99. The molecule has 3 N–H and O–H groups in total. The van der Waals surface area contributed by atoms with Gasteiger partial charge in [0.25, 0.3) is 5.91 Å². The van der Waals surface area contributed by atoms with Crippen LogP contribution < -0.4 is 5.73 Å². The number of nitrogens with two attached hydrogens (primary N) is 1. The lowest BCUT2D eigenvalue weighted by Gasteiger charge is -2.38. The first-order valence-corrected chi connectivity index (χ1v) is 5.86. The summed E-state index contributed by atoms with van der Waals surface area (Å²) in [5.41, 5.74) is 6.79. The molecular formula is C11H13BrN2O2. The number of hydrogen-bond acceptors (Lipinski definition) is 3. The van der Waals surface area contributed by atoms with Crippen LogP contribution in [0.1, 0.15) is 10.4 Å². The third-order valence-corrected chi connectivity index (χ3v) is 3.24. The van der Waals surface area contributed by atoms with E-state index in [-0.39, 0.29) is 18.4 Å². The van der Waals surface area contributed by atoms with E-state index in [1.807, 2.05) is 0 Å². The molecule has 0 radical (unpaired) electrons. The fourth-order valence-corrected chi connectivity index (χ4v) is 2.13. The standard InChI is InChI=1S/C11H13BrN2O2/c12-8-1-2-9(10(13)3-8)11(16)14-4-7(5-14)6-15/h1-3,7,15H,4-6,13H2. The molecule has 1 aromatic carbocycles. The van der Waals surface area contributed by atoms with Crippen molar-refractivity contribution in [1.29, 1.82) is 0 Å². The number of amides is 1. The van der Waals surface area contributed by atoms with Gasteiger partial charge in [0.15, 0.2) is 0 Å². The Morgan fingerprint density at radius 2 is 2.25 bits per heavy atom. The van der Waals surface area contributed by atoms with Crippen LogP contribution in [-0.2, 0) is 0 Å². The summed E-state index contributed by atoms with van der Waals surface area (Å²) in [4.78, 5) is 13.7. The van der Waals surface area contributed by atoms with Gasteiger partial charge in [0.05, 0.1) is 5.56 Å². The number of anilines is 1. The van der Waals surface area contributed by atoms with Gasteiger partial charge in [-0.2, -0.15) is 0 Å². The van der Waals surface area contributed by atoms with Gasteiger partial charge in [-0.25, -0.2) is 0 Å². The number of rotatable bonds is 2. The minimum absolute atomic E-state index is 0.0605. The largest absolute Gasteiger partial charge is 0.398 e. The van der Waals surface area contributed by atoms with Gasteiger partial charge < -0.3 is 15.7 Å². The molecule has 1 aromatic rings. The maximum Gasteiger partial charge on any atom is 0.255 e. The van der Waals surface area contributed by atoms with Gasteiger partial charge in [-0.3, -0.25) is 4.79 Å². The van der Waals surface area contributed by atoms with E-state index in [9.17, 15) is 4.79 Å². The minimum Gasteiger partial charge on any atom is -0.398 e. The quantitative estimate of drug-likeness (QED) is 0.799. The third-order valence-electron chi connectivity index (χ3n) is 2.75. The Bertz CT molecular complexity index is 416. The molecule has 0 unspecified atom stereocenters. The van der Waals surface area contributed by atoms with Crippen LogP contribution in [0.5, 0.6) is 0 Å². The van der Waals surface area contributed by atoms with Crippen molar-refractivity contribution in [2.24, 2.45) is 5.92 Å². The molecule has 0 saturated carbocycles. The SMILES string of the molecule is Nc1cc(Br)ccc1C(=O)N1CC(CO)C1. The Kier molecular flexibility index (Phi) is 3.16. The highest BCUT2D eigenvalue weighted by atomic mass is 79.9. The van der Waals surface area contributed by atoms with Crippen molar-refractivity contribution in [3.8, 4) is 0 Å². The van der Waals surface area contributed by atoms with Crippen molar-refractivity contribution < 1.29 is 9.90 Å². The van der Waals surface area contributed by atoms with Crippen molar-refractivity contribution in [2.45, 2.75) is 0 Å². The molecule has 1 aliphatic heterocycles. The summed E-state index contributed by atoms with van der Waals surface area (Å²) in [5.74, 6) is 0.162. The van der Waals surface area contributed by atoms with Gasteiger partial charge >= 0.3 is 0 Å². The van der Waals surface area contributed by atoms with E-state index in [0.717, 1.165) is 4.47 Å². The van der Waals surface area contributed by atoms with Crippen LogP contribution >= 0.6 is 15.9 Å². The average molecular weight is 285 g/mol. The van der Waals surface area contributed by atoms with E-state index in [1.54, 1.807) is 23.1 Å². The second-order valence-corrected chi connectivity index (χ2v) is 4.91. The van der Waals surface area contributed by atoms with Crippen molar-refractivity contribution in [3.05, 3.63) is 28.2 Å². The highest BCUT2D eigenvalue weighted by molar-refractivity contribution is 9.10. The number of aliphatic hydroxyl groups is 1. The molecule has 1 amide bonds. The van der Waals surface area contributed by atoms with Crippen molar-refractivity contribution in [3.63, 3.8) is 0 Å². The predicted octanol–water partition coefficient (Wildman–Crippen LogP) is 1.10. The number of nitrogen functional groups attached to an aromatic ring is 1. The molecule has 0 aromatic heterocycles. The molecule has 0 bridgehead atoms. The lowest BCUT2D eigenvalue weighted by Crippen LogP contribution is -2.51. The van der Waals surface area contributed by atoms with Gasteiger partial charge in [0.1, 0.15) is 0 Å². The van der Waals surface area contributed by atoms with Gasteiger partial charge in [-0.15, -0.1) is 0 Å². The van der Waals surface area contributed by atoms with Crippen LogP contribution in [0.15, 0.2) is 22.7 Å². The van der Waals surface area contributed by atoms with E-state index in [2.05, 4.69) is 15.9 Å². The fraction of sp³-hybridized carbons (Fsp3) is 0.364. The summed E-state index contributed by atoms with van der Waals surface area (Å²) >= 11 is 3.30. The molecule has 0 atom stereocenters. The number of aliphatic hydroxyl groups excluding tert-OH is 1. The van der Waals surface area contributed by atoms with E-state index < -0.39 is 0 Å². The fourth-order valence-electron chi connectivity index (χ4n) is 1.75. The molecule has 1 heterocycles. The number of hydrogen-bond donors (Lipinski definition) is 2. The van der Waals surface area contributed by atoms with Gasteiger partial charge in [-0.1, -0.05) is 15.9 Å². The molecule has 0 spiro atoms. The molecule has 1 aliphatic rings. The Morgan fingerprint density at radius 1 is 1.56 bits per heavy atom. The van der Waals surface area contributed by atoms with Crippen LogP contribution in [0.4, 0.5) is 5.69 Å². The van der Waals surface area contributed by atoms with E-state index in [1.165, 1.54) is 0 Å². The molecular weight excluding hydrogens is 272 g/mol. The molecule has 4 nitrogen and oxygen atoms in total. The zero-order chi connectivity index (χ0) is 11.7. The molecule has 0 aliphatic carbocycles. The summed E-state index contributed by atoms with van der Waals surface area (Å²) in [6.45, 7) is 1.37. The number of carbonyl (C=O) groups is 1. The molecule has 16 heavy (non-hydrogen) atoms. The average Bonchev–Trinajstić information content (AvgIpc) is 2.15. The Hall–Kier alpha value is -1.07. The lowest BCUT2D eigenvalue weighted by atomic mass is 9.99. The maximum atomic E-state index is 12.0. The van der Waals surface area contributed by atoms with Crippen LogP contribution in [0.25, 0.3) is 0 Å². The Morgan fingerprint density at radius 3 is 2.81 bits per heavy atom. The van der Waals surface area contributed by atoms with Gasteiger partial charge in [0, 0.05) is 35.8 Å². The molecule has 2 rings (SSSR count). The zero-order valence-corrected chi connectivity index (χ0v) is 10.3. The van der Waals surface area contributed by atoms with Crippen LogP contribution in [0, 0.1) is 5.92 Å². The number of likely N-dealkylation sites (tertiary alicyclic amines) is 1. The summed E-state index contributed by atoms with van der Waals surface area (Å²) in [6.07, 6.45) is 0. The normalized spacial score (nSPS) is 16.0.